The fourth-order valence-corrected chi connectivity index (χ4v) is 9.18. The number of allylic oxidation sites excluding steroid dienone is 6. The van der Waals surface area contributed by atoms with Gasteiger partial charge in [-0.05, 0) is 77.0 Å². The van der Waals surface area contributed by atoms with Crippen molar-refractivity contribution in [2.75, 3.05) is 6.61 Å². The molecule has 0 radical (unpaired) electrons. The van der Waals surface area contributed by atoms with E-state index in [2.05, 4.69) is 55.6 Å². The molecule has 0 saturated carbocycles. The summed E-state index contributed by atoms with van der Waals surface area (Å²) in [6.07, 6.45) is 68.0. The Kier molecular flexibility index (Phi) is 53.3. The summed E-state index contributed by atoms with van der Waals surface area (Å²) in [6.45, 7) is 4.07. The molecule has 0 aromatic rings. The third-order valence-electron chi connectivity index (χ3n) is 13.8. The third-order valence-corrected chi connectivity index (χ3v) is 13.8. The first kappa shape index (κ1) is 64.5. The molecule has 0 aliphatic rings. The van der Waals surface area contributed by atoms with Gasteiger partial charge in [-0.15, -0.1) is 0 Å². The van der Waals surface area contributed by atoms with Gasteiger partial charge in [0.2, 0.25) is 5.91 Å². The lowest BCUT2D eigenvalue weighted by atomic mass is 10.00. The molecule has 0 spiro atoms. The summed E-state index contributed by atoms with van der Waals surface area (Å²) in [4.78, 5) is 12.6. The topological polar surface area (TPSA) is 110 Å². The van der Waals surface area contributed by atoms with Gasteiger partial charge in [-0.25, -0.2) is 0 Å². The number of amides is 1. The van der Waals surface area contributed by atoms with E-state index < -0.39 is 36.9 Å². The van der Waals surface area contributed by atoms with Crippen molar-refractivity contribution in [1.82, 2.24) is 5.32 Å². The van der Waals surface area contributed by atoms with Crippen LogP contribution in [0.25, 0.3) is 0 Å². The molecule has 0 heterocycles. The van der Waals surface area contributed by atoms with Gasteiger partial charge >= 0.3 is 0 Å². The molecule has 0 fully saturated rings. The van der Waals surface area contributed by atoms with Crippen molar-refractivity contribution < 1.29 is 25.2 Å². The van der Waals surface area contributed by atoms with Crippen molar-refractivity contribution >= 4 is 5.91 Å². The van der Waals surface area contributed by atoms with Gasteiger partial charge in [0.25, 0.3) is 0 Å². The summed E-state index contributed by atoms with van der Waals surface area (Å²) in [5.74, 6) is -0.594. The molecule has 1 amide bonds. The molecule has 0 bridgehead atoms. The van der Waals surface area contributed by atoms with Crippen LogP contribution in [0.5, 0.6) is 0 Å². The summed E-state index contributed by atoms with van der Waals surface area (Å²) in [6, 6.07) is -1.01. The Labute approximate surface area is 411 Å². The van der Waals surface area contributed by atoms with Crippen molar-refractivity contribution in [3.8, 4) is 0 Å². The summed E-state index contributed by atoms with van der Waals surface area (Å²) < 4.78 is 0. The second-order valence-electron chi connectivity index (χ2n) is 20.3. The fourth-order valence-electron chi connectivity index (χ4n) is 9.18. The van der Waals surface area contributed by atoms with Crippen molar-refractivity contribution in [1.29, 1.82) is 0 Å². The maximum absolute atomic E-state index is 12.6. The van der Waals surface area contributed by atoms with Crippen molar-refractivity contribution in [2.45, 2.75) is 334 Å². The fraction of sp³-hybridized carbons (Fsp3) is 0.883. The smallest absolute Gasteiger partial charge is 0.249 e. The van der Waals surface area contributed by atoms with Crippen LogP contribution in [0.15, 0.2) is 36.5 Å². The average Bonchev–Trinajstić information content (AvgIpc) is 3.32. The highest BCUT2D eigenvalue weighted by Crippen LogP contribution is 2.17. The first-order chi connectivity index (χ1) is 32.5. The van der Waals surface area contributed by atoms with E-state index in [-0.39, 0.29) is 0 Å². The molecule has 0 aromatic heterocycles. The zero-order valence-corrected chi connectivity index (χ0v) is 44.2. The van der Waals surface area contributed by atoms with Crippen LogP contribution in [-0.2, 0) is 4.79 Å². The third kappa shape index (κ3) is 47.6. The van der Waals surface area contributed by atoms with E-state index in [1.807, 2.05) is 0 Å². The zero-order valence-electron chi connectivity index (χ0n) is 44.2. The summed E-state index contributed by atoms with van der Waals surface area (Å²) in [5.41, 5.74) is 0. The Morgan fingerprint density at radius 1 is 0.364 bits per heavy atom. The molecule has 6 nitrogen and oxygen atoms in total. The van der Waals surface area contributed by atoms with E-state index in [9.17, 15) is 25.2 Å². The largest absolute Gasteiger partial charge is 0.394 e. The van der Waals surface area contributed by atoms with Crippen LogP contribution in [-0.4, -0.2) is 57.3 Å². The van der Waals surface area contributed by atoms with Crippen LogP contribution in [0.2, 0.25) is 0 Å². The van der Waals surface area contributed by atoms with Crippen LogP contribution in [0, 0.1) is 0 Å². The van der Waals surface area contributed by atoms with E-state index >= 15 is 0 Å². The van der Waals surface area contributed by atoms with Gasteiger partial charge in [0.05, 0.1) is 18.8 Å². The summed E-state index contributed by atoms with van der Waals surface area (Å²) >= 11 is 0. The highest BCUT2D eigenvalue weighted by atomic mass is 16.3. The van der Waals surface area contributed by atoms with Crippen LogP contribution < -0.4 is 5.32 Å². The maximum atomic E-state index is 12.6. The zero-order chi connectivity index (χ0) is 48.1. The number of hydrogen-bond donors (Lipinski definition) is 5. The average molecular weight is 931 g/mol. The second kappa shape index (κ2) is 54.5. The molecule has 5 N–H and O–H groups in total. The molecule has 6 heteroatoms. The minimum atomic E-state index is -1.29. The minimum absolute atomic E-state index is 0.361. The van der Waals surface area contributed by atoms with Crippen molar-refractivity contribution in [2.24, 2.45) is 0 Å². The first-order valence-corrected chi connectivity index (χ1v) is 29.4. The summed E-state index contributed by atoms with van der Waals surface area (Å²) in [7, 11) is 0. The molecule has 4 unspecified atom stereocenters. The quantitative estimate of drug-likeness (QED) is 0.0308. The Morgan fingerprint density at radius 2 is 0.636 bits per heavy atom. The predicted octanol–water partition coefficient (Wildman–Crippen LogP) is 17.2. The lowest BCUT2D eigenvalue weighted by Crippen LogP contribution is -2.53. The monoisotopic (exact) mass is 930 g/mol. The molecule has 0 aliphatic heterocycles. The molecular formula is C60H115NO5. The van der Waals surface area contributed by atoms with E-state index in [4.69, 9.17) is 0 Å². The van der Waals surface area contributed by atoms with Crippen LogP contribution in [0.4, 0.5) is 0 Å². The van der Waals surface area contributed by atoms with Gasteiger partial charge in [0, 0.05) is 0 Å². The standard InChI is InChI=1S/C60H115NO5/c1-3-5-7-9-11-13-15-17-19-21-23-25-26-27-28-29-30-31-32-33-34-36-38-40-42-44-46-48-50-52-54-58(64)60(66)61-56(55-62)59(65)57(63)53-51-49-47-45-43-41-39-37-35-24-22-20-18-16-14-12-10-8-6-4-2/h27-28,37,39,45,47,56-59,62-65H,3-26,29-36,38,40-44,46,48-55H2,1-2H3,(H,61,66)/b28-27-,39-37+,47-45+. The van der Waals surface area contributed by atoms with Crippen LogP contribution in [0.1, 0.15) is 309 Å². The Morgan fingerprint density at radius 3 is 0.955 bits per heavy atom. The lowest BCUT2D eigenvalue weighted by Gasteiger charge is -2.27. The van der Waals surface area contributed by atoms with E-state index in [0.29, 0.717) is 19.3 Å². The second-order valence-corrected chi connectivity index (χ2v) is 20.3. The van der Waals surface area contributed by atoms with Gasteiger partial charge in [-0.1, -0.05) is 269 Å². The number of aliphatic hydroxyl groups is 4. The number of hydrogen-bond acceptors (Lipinski definition) is 5. The number of unbranched alkanes of at least 4 members (excludes halogenated alkanes) is 39. The molecule has 390 valence electrons. The Balaban J connectivity index is 3.64. The number of nitrogens with one attached hydrogen (secondary N) is 1. The molecule has 0 saturated heterocycles. The Bertz CT molecular complexity index is 1040. The molecule has 4 atom stereocenters. The van der Waals surface area contributed by atoms with Crippen molar-refractivity contribution in [3.05, 3.63) is 36.5 Å². The van der Waals surface area contributed by atoms with Gasteiger partial charge in [-0.3, -0.25) is 4.79 Å². The highest BCUT2D eigenvalue weighted by molar-refractivity contribution is 5.80. The molecule has 66 heavy (non-hydrogen) atoms. The molecular weight excluding hydrogens is 815 g/mol. The van der Waals surface area contributed by atoms with Gasteiger partial charge in [0.1, 0.15) is 12.2 Å². The summed E-state index contributed by atoms with van der Waals surface area (Å²) in [5, 5.41) is 44.0. The van der Waals surface area contributed by atoms with Crippen LogP contribution in [0.3, 0.4) is 0 Å². The van der Waals surface area contributed by atoms with E-state index in [1.165, 1.54) is 238 Å². The first-order valence-electron chi connectivity index (χ1n) is 29.4. The predicted molar refractivity (Wildman–Crippen MR) is 288 cm³/mol. The Hall–Kier alpha value is -1.47. The number of aliphatic hydroxyl groups excluding tert-OH is 4. The SMILES string of the molecule is CCCCCCCCCCCCC/C=C/CC/C=C/CCCC(O)C(O)C(CO)NC(=O)C(O)CCCCCCCCCCCCCCCC/C=C\CCCCCCCCCCCCCC. The van der Waals surface area contributed by atoms with Crippen molar-refractivity contribution in [3.63, 3.8) is 0 Å². The molecule has 0 rings (SSSR count). The number of rotatable bonds is 54. The van der Waals surface area contributed by atoms with E-state index in [0.717, 1.165) is 38.5 Å². The normalized spacial score (nSPS) is 14.0. The highest BCUT2D eigenvalue weighted by Gasteiger charge is 2.28. The number of carbonyl (C=O) groups is 1. The van der Waals surface area contributed by atoms with Gasteiger partial charge in [0.15, 0.2) is 0 Å². The minimum Gasteiger partial charge on any atom is -0.394 e. The molecule has 0 aliphatic carbocycles. The number of carbonyl (C=O) groups excluding carboxylic acids is 1. The van der Waals surface area contributed by atoms with Gasteiger partial charge in [-0.2, -0.15) is 0 Å². The van der Waals surface area contributed by atoms with E-state index in [1.54, 1.807) is 0 Å². The maximum Gasteiger partial charge on any atom is 0.249 e. The lowest BCUT2D eigenvalue weighted by molar-refractivity contribution is -0.132. The molecule has 0 aromatic carbocycles. The van der Waals surface area contributed by atoms with Gasteiger partial charge < -0.3 is 25.7 Å². The van der Waals surface area contributed by atoms with Crippen LogP contribution >= 0.6 is 0 Å².